The van der Waals surface area contributed by atoms with Crippen molar-refractivity contribution in [2.24, 2.45) is 0 Å². The van der Waals surface area contributed by atoms with Crippen molar-refractivity contribution in [3.05, 3.63) is 266 Å². The molecule has 5 aromatic heterocycles. The zero-order valence-corrected chi connectivity index (χ0v) is 42.3. The molecule has 0 fully saturated rings. The molecular weight excluding hydrogens is 949 g/mol. The third-order valence-corrected chi connectivity index (χ3v) is 16.2. The molecule has 5 heterocycles. The molecule has 0 N–H and O–H groups in total. The molecule has 0 atom stereocenters. The van der Waals surface area contributed by atoms with Crippen molar-refractivity contribution in [1.82, 2.24) is 23.3 Å². The van der Waals surface area contributed by atoms with E-state index >= 15 is 0 Å². The predicted octanol–water partition coefficient (Wildman–Crippen LogP) is 18.1. The summed E-state index contributed by atoms with van der Waals surface area (Å²) >= 11 is 0. The minimum absolute atomic E-state index is 0.567. The number of aromatic nitrogens is 5. The Morgan fingerprint density at radius 3 is 1.24 bits per heavy atom. The van der Waals surface area contributed by atoms with Crippen molar-refractivity contribution >= 4 is 82.4 Å². The van der Waals surface area contributed by atoms with E-state index in [0.29, 0.717) is 5.56 Å². The molecule has 0 saturated heterocycles. The number of fused-ring (bicyclic) bond motifs is 12. The Bertz CT molecular complexity index is 4930. The first-order valence-electron chi connectivity index (χ1n) is 26.7. The zero-order valence-electron chi connectivity index (χ0n) is 42.3. The van der Waals surface area contributed by atoms with Gasteiger partial charge in [-0.3, -0.25) is 0 Å². The number of allylic oxidation sites excluding steroid dienone is 1. The van der Waals surface area contributed by atoms with Gasteiger partial charge in [0.2, 0.25) is 0 Å². The van der Waals surface area contributed by atoms with Gasteiger partial charge in [0.05, 0.1) is 61.4 Å². The van der Waals surface area contributed by atoms with Crippen LogP contribution in [0.5, 0.6) is 0 Å². The van der Waals surface area contributed by atoms with Crippen LogP contribution in [0.4, 0.5) is 0 Å². The summed E-state index contributed by atoms with van der Waals surface area (Å²) in [5, 5.41) is 20.1. The van der Waals surface area contributed by atoms with E-state index in [0.717, 1.165) is 124 Å². The minimum Gasteiger partial charge on any atom is -0.313 e. The van der Waals surface area contributed by atoms with Gasteiger partial charge in [0.1, 0.15) is 11.6 Å². The SMILES string of the molecule is N#Cc1c(-n2c3ccccc3c3cc(-n4c5c(c6ccccc64)C=CCC5)ccc32)cc(-c2cc(-c3ccccc3)nc(-c3ccccc3)c2)cc1-n1c2ccccc2c2cc(-n3c4ccccc4c4ccccc43)ccc21. The van der Waals surface area contributed by atoms with Crippen LogP contribution in [0.15, 0.2) is 249 Å². The number of nitriles is 1. The van der Waals surface area contributed by atoms with Crippen molar-refractivity contribution in [1.29, 1.82) is 5.26 Å². The number of hydrogen-bond donors (Lipinski definition) is 0. The lowest BCUT2D eigenvalue weighted by Crippen LogP contribution is -2.06. The van der Waals surface area contributed by atoms with Crippen LogP contribution in [0.1, 0.15) is 23.2 Å². The lowest BCUT2D eigenvalue weighted by Gasteiger charge is -2.19. The number of hydrogen-bond acceptors (Lipinski definition) is 2. The smallest absolute Gasteiger partial charge is 0.104 e. The van der Waals surface area contributed by atoms with Gasteiger partial charge in [-0.15, -0.1) is 0 Å². The van der Waals surface area contributed by atoms with E-state index in [-0.39, 0.29) is 0 Å². The van der Waals surface area contributed by atoms with E-state index in [9.17, 15) is 5.26 Å². The molecule has 0 unspecified atom stereocenters. The molecule has 6 nitrogen and oxygen atoms in total. The average Bonchev–Trinajstić information content (AvgIpc) is 4.39. The fourth-order valence-corrected chi connectivity index (χ4v) is 12.8. The monoisotopic (exact) mass is 994 g/mol. The molecule has 16 rings (SSSR count). The maximum absolute atomic E-state index is 12.0. The number of rotatable bonds is 7. The first-order valence-corrected chi connectivity index (χ1v) is 26.7. The molecule has 1 aliphatic carbocycles. The van der Waals surface area contributed by atoms with Gasteiger partial charge in [0.25, 0.3) is 0 Å². The molecule has 364 valence electrons. The molecule has 1 aliphatic rings. The molecule has 6 heteroatoms. The molecule has 15 aromatic rings. The van der Waals surface area contributed by atoms with Gasteiger partial charge in [-0.1, -0.05) is 164 Å². The summed E-state index contributed by atoms with van der Waals surface area (Å²) < 4.78 is 9.50. The Hall–Kier alpha value is -10.5. The molecule has 0 spiro atoms. The number of nitrogens with zero attached hydrogens (tertiary/aromatic N) is 6. The summed E-state index contributed by atoms with van der Waals surface area (Å²) in [5.41, 5.74) is 20.3. The molecule has 0 saturated carbocycles. The lowest BCUT2D eigenvalue weighted by molar-refractivity contribution is 0.889. The lowest BCUT2D eigenvalue weighted by atomic mass is 9.97. The maximum Gasteiger partial charge on any atom is 0.104 e. The third kappa shape index (κ3) is 6.58. The topological polar surface area (TPSA) is 56.4 Å². The van der Waals surface area contributed by atoms with E-state index in [2.05, 4.69) is 267 Å². The average molecular weight is 995 g/mol. The summed E-state index contributed by atoms with van der Waals surface area (Å²) in [6.45, 7) is 0. The summed E-state index contributed by atoms with van der Waals surface area (Å²) in [7, 11) is 0. The highest BCUT2D eigenvalue weighted by atomic mass is 15.0. The number of pyridine rings is 1. The Kier molecular flexibility index (Phi) is 9.72. The Morgan fingerprint density at radius 1 is 0.346 bits per heavy atom. The predicted molar refractivity (Wildman–Crippen MR) is 322 cm³/mol. The van der Waals surface area contributed by atoms with Gasteiger partial charge in [0, 0.05) is 71.5 Å². The van der Waals surface area contributed by atoms with Crippen molar-refractivity contribution in [3.8, 4) is 62.5 Å². The van der Waals surface area contributed by atoms with E-state index in [1.807, 2.05) is 12.1 Å². The summed E-state index contributed by atoms with van der Waals surface area (Å²) in [6, 6.07) is 89.7. The second-order valence-electron chi connectivity index (χ2n) is 20.5. The second-order valence-corrected chi connectivity index (χ2v) is 20.5. The van der Waals surface area contributed by atoms with Crippen LogP contribution in [0, 0.1) is 11.3 Å². The van der Waals surface area contributed by atoms with Crippen LogP contribution < -0.4 is 0 Å². The maximum atomic E-state index is 12.0. The van der Waals surface area contributed by atoms with Gasteiger partial charge in [-0.25, -0.2) is 4.98 Å². The van der Waals surface area contributed by atoms with Gasteiger partial charge in [-0.2, -0.15) is 5.26 Å². The van der Waals surface area contributed by atoms with E-state index in [1.54, 1.807) is 0 Å². The van der Waals surface area contributed by atoms with Crippen molar-refractivity contribution in [2.45, 2.75) is 12.8 Å². The van der Waals surface area contributed by atoms with Crippen LogP contribution in [0.25, 0.3) is 139 Å². The molecule has 78 heavy (non-hydrogen) atoms. The molecule has 0 bridgehead atoms. The highest BCUT2D eigenvalue weighted by Crippen LogP contribution is 2.44. The molecule has 0 amide bonds. The molecule has 10 aromatic carbocycles. The number of para-hydroxylation sites is 5. The normalized spacial score (nSPS) is 12.4. The molecule has 0 aliphatic heterocycles. The third-order valence-electron chi connectivity index (χ3n) is 16.2. The van der Waals surface area contributed by atoms with Crippen molar-refractivity contribution < 1.29 is 0 Å². The molecular formula is C72H46N6. The highest BCUT2D eigenvalue weighted by molar-refractivity contribution is 6.14. The van der Waals surface area contributed by atoms with E-state index in [1.165, 1.54) is 32.9 Å². The van der Waals surface area contributed by atoms with E-state index in [4.69, 9.17) is 4.98 Å². The van der Waals surface area contributed by atoms with Gasteiger partial charge in [-0.05, 0) is 115 Å². The van der Waals surface area contributed by atoms with Crippen molar-refractivity contribution in [3.63, 3.8) is 0 Å². The van der Waals surface area contributed by atoms with Crippen LogP contribution in [0.3, 0.4) is 0 Å². The first kappa shape index (κ1) is 43.9. The molecule has 0 radical (unpaired) electrons. The fourth-order valence-electron chi connectivity index (χ4n) is 12.8. The van der Waals surface area contributed by atoms with Crippen LogP contribution in [0.2, 0.25) is 0 Å². The second kappa shape index (κ2) is 17.3. The van der Waals surface area contributed by atoms with Gasteiger partial charge >= 0.3 is 0 Å². The minimum atomic E-state index is 0.567. The van der Waals surface area contributed by atoms with E-state index < -0.39 is 0 Å². The standard InChI is InChI=1S/C72H46N6/c73-45-60-71(77-67-33-17-11-27-56(67)58-43-50(35-37-69(58)77)75-63-29-13-7-23-52(63)53-24-8-14-30-64(53)75)41-49(48-39-61(46-19-3-1-4-20-46)74-62(40-48)47-21-5-2-6-22-47)42-72(60)78-68-34-18-12-28-57(68)59-44-51(36-38-70(59)78)76-65-31-15-9-25-54(65)55-26-10-16-32-66(55)76/h1-15,17-31,33-44H,16,32H2. The van der Waals surface area contributed by atoms with Crippen molar-refractivity contribution in [2.75, 3.05) is 0 Å². The zero-order chi connectivity index (χ0) is 51.4. The largest absolute Gasteiger partial charge is 0.313 e. The number of benzene rings is 10. The first-order chi connectivity index (χ1) is 38.7. The highest BCUT2D eigenvalue weighted by Gasteiger charge is 2.25. The van der Waals surface area contributed by atoms with Gasteiger partial charge < -0.3 is 18.3 Å². The summed E-state index contributed by atoms with van der Waals surface area (Å²) in [6.07, 6.45) is 6.57. The summed E-state index contributed by atoms with van der Waals surface area (Å²) in [4.78, 5) is 5.31. The Labute approximate surface area is 449 Å². The van der Waals surface area contributed by atoms with Crippen LogP contribution in [-0.2, 0) is 6.42 Å². The van der Waals surface area contributed by atoms with Crippen LogP contribution in [-0.4, -0.2) is 23.3 Å². The van der Waals surface area contributed by atoms with Gasteiger partial charge in [0.15, 0.2) is 0 Å². The quantitative estimate of drug-likeness (QED) is 0.160. The summed E-state index contributed by atoms with van der Waals surface area (Å²) in [5.74, 6) is 0. The fraction of sp³-hybridized carbons (Fsp3) is 0.0278. The van der Waals surface area contributed by atoms with Crippen LogP contribution >= 0.6 is 0 Å². The Morgan fingerprint density at radius 2 is 0.744 bits per heavy atom. The Balaban J connectivity index is 0.989.